The fraction of sp³-hybridized carbons (Fsp3) is 0.409. The number of piperidine rings is 1. The fourth-order valence-corrected chi connectivity index (χ4v) is 5.84. The van der Waals surface area contributed by atoms with Gasteiger partial charge in [-0.15, -0.1) is 11.3 Å². The van der Waals surface area contributed by atoms with E-state index in [0.29, 0.717) is 19.5 Å². The van der Waals surface area contributed by atoms with Crippen LogP contribution in [0.3, 0.4) is 0 Å². The molecule has 0 radical (unpaired) electrons. The number of carbonyl (C=O) groups excluding carboxylic acids is 1. The molecule has 28 heavy (non-hydrogen) atoms. The summed E-state index contributed by atoms with van der Waals surface area (Å²) < 4.78 is 6.25. The Bertz CT molecular complexity index is 1000. The molecule has 5 nitrogen and oxygen atoms in total. The molecule has 0 unspecified atom stereocenters. The zero-order valence-corrected chi connectivity index (χ0v) is 16.6. The van der Waals surface area contributed by atoms with Gasteiger partial charge >= 0.3 is 0 Å². The summed E-state index contributed by atoms with van der Waals surface area (Å²) in [6.07, 6.45) is 5.23. The van der Waals surface area contributed by atoms with Crippen LogP contribution in [0.5, 0.6) is 0 Å². The highest BCUT2D eigenvalue weighted by atomic mass is 32.1. The maximum atomic E-state index is 13.0. The topological polar surface area (TPSA) is 71.4 Å². The average molecular weight is 396 g/mol. The Morgan fingerprint density at radius 1 is 1.29 bits per heavy atom. The van der Waals surface area contributed by atoms with Crippen molar-refractivity contribution in [1.29, 1.82) is 0 Å². The third-order valence-electron chi connectivity index (χ3n) is 6.23. The van der Waals surface area contributed by atoms with Gasteiger partial charge < -0.3 is 20.4 Å². The maximum absolute atomic E-state index is 13.0. The number of aromatic amines is 1. The summed E-state index contributed by atoms with van der Waals surface area (Å²) in [4.78, 5) is 19.5. The van der Waals surface area contributed by atoms with Crippen molar-refractivity contribution in [3.8, 4) is 0 Å². The number of hydrogen-bond acceptors (Lipinski definition) is 4. The molecular formula is C22H25N3O2S. The van der Waals surface area contributed by atoms with Crippen molar-refractivity contribution in [2.45, 2.75) is 37.3 Å². The number of hydrogen-bond donors (Lipinski definition) is 2. The van der Waals surface area contributed by atoms with Gasteiger partial charge in [0.2, 0.25) is 5.91 Å². The van der Waals surface area contributed by atoms with Crippen LogP contribution in [0, 0.1) is 0 Å². The number of nitrogens with two attached hydrogens (primary N) is 1. The number of benzene rings is 1. The van der Waals surface area contributed by atoms with Gasteiger partial charge in [-0.2, -0.15) is 0 Å². The summed E-state index contributed by atoms with van der Waals surface area (Å²) in [5.41, 5.74) is 9.74. The molecule has 0 saturated carbocycles. The number of nitrogens with zero attached hydrogens (tertiary/aromatic N) is 1. The summed E-state index contributed by atoms with van der Waals surface area (Å²) in [7, 11) is 0. The van der Waals surface area contributed by atoms with Gasteiger partial charge in [0.05, 0.1) is 12.6 Å². The highest BCUT2D eigenvalue weighted by Crippen LogP contribution is 2.44. The summed E-state index contributed by atoms with van der Waals surface area (Å²) in [5, 5.41) is 3.31. The average Bonchev–Trinajstić information content (AvgIpc) is 3.37. The number of carbonyl (C=O) groups is 1. The van der Waals surface area contributed by atoms with Crippen LogP contribution >= 0.6 is 11.3 Å². The van der Waals surface area contributed by atoms with E-state index in [1.54, 1.807) is 11.3 Å². The molecule has 3 N–H and O–H groups in total. The SMILES string of the molecule is N[C@@H](Cc1c[nH]c2ccccc12)C(=O)N1CCC2(CC1)OCCc1ccsc12. The monoisotopic (exact) mass is 395 g/mol. The van der Waals surface area contributed by atoms with E-state index >= 15 is 0 Å². The summed E-state index contributed by atoms with van der Waals surface area (Å²) in [6.45, 7) is 2.19. The smallest absolute Gasteiger partial charge is 0.239 e. The van der Waals surface area contributed by atoms with E-state index in [2.05, 4.69) is 22.5 Å². The first-order valence-corrected chi connectivity index (χ1v) is 10.8. The molecule has 0 aliphatic carbocycles. The lowest BCUT2D eigenvalue weighted by Gasteiger charge is -2.44. The van der Waals surface area contributed by atoms with Gasteiger partial charge in [-0.1, -0.05) is 18.2 Å². The van der Waals surface area contributed by atoms with Gasteiger partial charge in [0.1, 0.15) is 5.60 Å². The molecular weight excluding hydrogens is 370 g/mol. The highest BCUT2D eigenvalue weighted by molar-refractivity contribution is 7.10. The number of thiophene rings is 1. The van der Waals surface area contributed by atoms with Crippen LogP contribution in [-0.4, -0.2) is 41.5 Å². The third kappa shape index (κ3) is 2.96. The Hall–Kier alpha value is -2.15. The lowest BCUT2D eigenvalue weighted by Crippen LogP contribution is -2.52. The van der Waals surface area contributed by atoms with Crippen molar-refractivity contribution < 1.29 is 9.53 Å². The van der Waals surface area contributed by atoms with E-state index in [9.17, 15) is 4.79 Å². The van der Waals surface area contributed by atoms with Crippen LogP contribution in [0.1, 0.15) is 28.8 Å². The van der Waals surface area contributed by atoms with E-state index in [4.69, 9.17) is 10.5 Å². The second-order valence-electron chi connectivity index (χ2n) is 7.86. The highest BCUT2D eigenvalue weighted by Gasteiger charge is 2.43. The zero-order chi connectivity index (χ0) is 19.1. The number of fused-ring (bicyclic) bond motifs is 3. The number of amides is 1. The number of para-hydroxylation sites is 1. The Morgan fingerprint density at radius 2 is 2.11 bits per heavy atom. The van der Waals surface area contributed by atoms with Crippen molar-refractivity contribution in [1.82, 2.24) is 9.88 Å². The van der Waals surface area contributed by atoms with Crippen LogP contribution in [-0.2, 0) is 28.0 Å². The normalized spacial score (nSPS) is 19.7. The molecule has 3 aromatic rings. The maximum Gasteiger partial charge on any atom is 0.239 e. The van der Waals surface area contributed by atoms with Crippen molar-refractivity contribution in [2.75, 3.05) is 19.7 Å². The Balaban J connectivity index is 1.26. The van der Waals surface area contributed by atoms with Gasteiger partial charge in [-0.25, -0.2) is 0 Å². The number of aromatic nitrogens is 1. The first-order valence-electron chi connectivity index (χ1n) is 9.96. The minimum Gasteiger partial charge on any atom is -0.369 e. The van der Waals surface area contributed by atoms with Crippen LogP contribution < -0.4 is 5.73 Å². The lowest BCUT2D eigenvalue weighted by atomic mass is 9.85. The molecule has 1 saturated heterocycles. The quantitative estimate of drug-likeness (QED) is 0.715. The molecule has 146 valence electrons. The predicted molar refractivity (Wildman–Crippen MR) is 111 cm³/mol. The van der Waals surface area contributed by atoms with E-state index in [1.165, 1.54) is 10.4 Å². The zero-order valence-electron chi connectivity index (χ0n) is 15.8. The second-order valence-corrected chi connectivity index (χ2v) is 8.78. The van der Waals surface area contributed by atoms with Crippen molar-refractivity contribution in [2.24, 2.45) is 5.73 Å². The molecule has 1 amide bonds. The van der Waals surface area contributed by atoms with Crippen LogP contribution in [0.15, 0.2) is 41.9 Å². The predicted octanol–water partition coefficient (Wildman–Crippen LogP) is 3.19. The molecule has 1 fully saturated rings. The van der Waals surface area contributed by atoms with Gasteiger partial charge in [0.15, 0.2) is 0 Å². The second kappa shape index (κ2) is 7.03. The van der Waals surface area contributed by atoms with Crippen LogP contribution in [0.25, 0.3) is 10.9 Å². The lowest BCUT2D eigenvalue weighted by molar-refractivity contribution is -0.141. The van der Waals surface area contributed by atoms with Gasteiger partial charge in [-0.05, 0) is 54.3 Å². The van der Waals surface area contributed by atoms with Crippen LogP contribution in [0.2, 0.25) is 0 Å². The van der Waals surface area contributed by atoms with Crippen LogP contribution in [0.4, 0.5) is 0 Å². The summed E-state index contributed by atoms with van der Waals surface area (Å²) in [5.74, 6) is 0.0438. The molecule has 5 rings (SSSR count). The number of likely N-dealkylation sites (tertiary alicyclic amines) is 1. The van der Waals surface area contributed by atoms with Crippen molar-refractivity contribution in [3.63, 3.8) is 0 Å². The molecule has 2 aliphatic heterocycles. The number of rotatable bonds is 3. The standard InChI is InChI=1S/C22H25N3O2S/c23-18(13-16-14-24-19-4-2-1-3-17(16)19)21(26)25-9-7-22(8-10-25)20-15(5-11-27-22)6-12-28-20/h1-4,6,12,14,18,24H,5,7-11,13,23H2/t18-/m0/s1. The number of ether oxygens (including phenoxy) is 1. The number of nitrogens with one attached hydrogen (secondary N) is 1. The molecule has 4 heterocycles. The molecule has 2 aliphatic rings. The summed E-state index contributed by atoms with van der Waals surface area (Å²) >= 11 is 1.79. The minimum absolute atomic E-state index is 0.0438. The minimum atomic E-state index is -0.516. The molecule has 1 atom stereocenters. The summed E-state index contributed by atoms with van der Waals surface area (Å²) in [6, 6.07) is 9.84. The van der Waals surface area contributed by atoms with Gasteiger partial charge in [0.25, 0.3) is 0 Å². The first kappa shape index (κ1) is 17.9. The third-order valence-corrected chi connectivity index (χ3v) is 7.37. The van der Waals surface area contributed by atoms with Gasteiger partial charge in [0, 0.05) is 35.1 Å². The Morgan fingerprint density at radius 3 is 2.96 bits per heavy atom. The van der Waals surface area contributed by atoms with Gasteiger partial charge in [-0.3, -0.25) is 4.79 Å². The molecule has 2 aromatic heterocycles. The molecule has 0 bridgehead atoms. The van der Waals surface area contributed by atoms with E-state index in [1.807, 2.05) is 29.3 Å². The van der Waals surface area contributed by atoms with E-state index < -0.39 is 6.04 Å². The van der Waals surface area contributed by atoms with Crippen molar-refractivity contribution in [3.05, 3.63) is 57.9 Å². The number of H-pyrrole nitrogens is 1. The largest absolute Gasteiger partial charge is 0.369 e. The van der Waals surface area contributed by atoms with E-state index in [0.717, 1.165) is 42.3 Å². The Kier molecular flexibility index (Phi) is 4.50. The Labute approximate surface area is 168 Å². The molecule has 1 aromatic carbocycles. The molecule has 1 spiro atoms. The first-order chi connectivity index (χ1) is 13.7. The van der Waals surface area contributed by atoms with E-state index in [-0.39, 0.29) is 11.5 Å². The molecule has 6 heteroatoms. The fourth-order valence-electron chi connectivity index (χ4n) is 4.67. The van der Waals surface area contributed by atoms with Crippen molar-refractivity contribution >= 4 is 28.1 Å².